The maximum absolute atomic E-state index is 5.81. The molecule has 1 aromatic rings. The van der Waals surface area contributed by atoms with E-state index in [0.29, 0.717) is 0 Å². The Kier molecular flexibility index (Phi) is 2.26. The lowest BCUT2D eigenvalue weighted by Gasteiger charge is -2.31. The van der Waals surface area contributed by atoms with Crippen LogP contribution in [0.5, 0.6) is 5.75 Å². The molecule has 0 radical (unpaired) electrons. The maximum Gasteiger partial charge on any atom is 0.695 e. The first-order valence-corrected chi connectivity index (χ1v) is 5.76. The summed E-state index contributed by atoms with van der Waals surface area (Å²) < 4.78 is 11.3. The number of hydrogen-bond acceptors (Lipinski definition) is 3. The van der Waals surface area contributed by atoms with Crippen LogP contribution in [0.2, 0.25) is 0 Å². The lowest BCUT2D eigenvalue weighted by molar-refractivity contribution is 0.301. The second kappa shape index (κ2) is 3.67. The fraction of sp³-hybridized carbons (Fsp3) is 0.231. The Morgan fingerprint density at radius 3 is 3.00 bits per heavy atom. The predicted molar refractivity (Wildman–Crippen MR) is 67.3 cm³/mol. The van der Waals surface area contributed by atoms with Gasteiger partial charge in [0.2, 0.25) is 0 Å². The summed E-state index contributed by atoms with van der Waals surface area (Å²) in [6.45, 7) is 2.16. The van der Waals surface area contributed by atoms with E-state index in [4.69, 9.17) is 15.0 Å². The predicted octanol–water partition coefficient (Wildman–Crippen LogP) is 2.14. The second-order valence-electron chi connectivity index (χ2n) is 4.60. The molecule has 3 rings (SSSR count). The van der Waals surface area contributed by atoms with Gasteiger partial charge in [-0.1, -0.05) is 30.4 Å². The molecule has 0 fully saturated rings. The first kappa shape index (κ1) is 10.5. The summed E-state index contributed by atoms with van der Waals surface area (Å²) in [6.07, 6.45) is 7.00. The summed E-state index contributed by atoms with van der Waals surface area (Å²) in [5.74, 6) is 1.68. The Labute approximate surface area is 101 Å². The molecule has 0 bridgehead atoms. The Morgan fingerprint density at radius 1 is 1.29 bits per heavy atom. The van der Waals surface area contributed by atoms with Crippen molar-refractivity contribution in [3.63, 3.8) is 0 Å². The highest BCUT2D eigenvalue weighted by Crippen LogP contribution is 2.44. The first-order valence-electron chi connectivity index (χ1n) is 5.76. The minimum Gasteiger partial charge on any atom is -0.515 e. The maximum atomic E-state index is 5.81. The van der Waals surface area contributed by atoms with Gasteiger partial charge in [-0.3, -0.25) is 5.64 Å². The largest absolute Gasteiger partial charge is 0.695 e. The summed E-state index contributed by atoms with van der Waals surface area (Å²) in [5.41, 5.74) is 6.75. The Hall–Kier alpha value is -1.68. The molecule has 0 aromatic heterocycles. The van der Waals surface area contributed by atoms with Gasteiger partial charge in [0, 0.05) is 5.56 Å². The number of rotatable bonds is 0. The van der Waals surface area contributed by atoms with Crippen molar-refractivity contribution in [3.8, 4) is 5.75 Å². The Balaban J connectivity index is 2.20. The number of fused-ring (bicyclic) bond motifs is 3. The number of hydrogen-bond donors (Lipinski definition) is 1. The third-order valence-corrected chi connectivity index (χ3v) is 3.42. The van der Waals surface area contributed by atoms with Crippen LogP contribution in [0.3, 0.4) is 0 Å². The molecule has 3 nitrogen and oxygen atoms in total. The Morgan fingerprint density at radius 2 is 2.12 bits per heavy atom. The number of allylic oxidation sites excluding steroid dienone is 4. The van der Waals surface area contributed by atoms with Crippen LogP contribution in [0.25, 0.3) is 0 Å². The van der Waals surface area contributed by atoms with E-state index in [9.17, 15) is 0 Å². The summed E-state index contributed by atoms with van der Waals surface area (Å²) in [5, 5.41) is 0. The molecule has 1 aliphatic carbocycles. The van der Waals surface area contributed by atoms with Crippen molar-refractivity contribution in [3.05, 3.63) is 53.8 Å². The molecule has 17 heavy (non-hydrogen) atoms. The van der Waals surface area contributed by atoms with Crippen molar-refractivity contribution >= 4 is 7.25 Å². The molecule has 1 heterocycles. The average Bonchev–Trinajstić information content (AvgIpc) is 2.43. The summed E-state index contributed by atoms with van der Waals surface area (Å²) >= 11 is 0. The fourth-order valence-corrected chi connectivity index (χ4v) is 2.46. The first-order chi connectivity index (χ1) is 8.20. The van der Waals surface area contributed by atoms with Gasteiger partial charge in [0.15, 0.2) is 0 Å². The van der Waals surface area contributed by atoms with Gasteiger partial charge >= 0.3 is 7.25 Å². The van der Waals surface area contributed by atoms with Crippen molar-refractivity contribution in [2.75, 3.05) is 0 Å². The molecule has 0 saturated heterocycles. The molecule has 1 atom stereocenters. The number of nitrogens with two attached hydrogens (primary N) is 1. The molecular formula is C13H14BNO2. The zero-order chi connectivity index (χ0) is 11.9. The highest BCUT2D eigenvalue weighted by Gasteiger charge is 2.40. The van der Waals surface area contributed by atoms with Gasteiger partial charge in [0.05, 0.1) is 11.2 Å². The number of benzene rings is 1. The van der Waals surface area contributed by atoms with E-state index in [-0.39, 0.29) is 5.41 Å². The summed E-state index contributed by atoms with van der Waals surface area (Å²) in [4.78, 5) is 0. The average molecular weight is 227 g/mol. The van der Waals surface area contributed by atoms with Crippen LogP contribution in [0, 0.1) is 0 Å². The third kappa shape index (κ3) is 1.56. The zero-order valence-electron chi connectivity index (χ0n) is 9.72. The van der Waals surface area contributed by atoms with Gasteiger partial charge in [0.1, 0.15) is 5.75 Å². The molecule has 1 aliphatic heterocycles. The summed E-state index contributed by atoms with van der Waals surface area (Å²) in [7, 11) is -0.740. The lowest BCUT2D eigenvalue weighted by atomic mass is 9.75. The van der Waals surface area contributed by atoms with Crippen LogP contribution in [-0.4, -0.2) is 7.25 Å². The van der Waals surface area contributed by atoms with Gasteiger partial charge in [0.25, 0.3) is 0 Å². The second-order valence-corrected chi connectivity index (χ2v) is 4.60. The molecule has 0 amide bonds. The van der Waals surface area contributed by atoms with Crippen molar-refractivity contribution in [1.82, 2.24) is 0 Å². The molecule has 2 aliphatic rings. The summed E-state index contributed by atoms with van der Waals surface area (Å²) in [6, 6.07) is 7.97. The van der Waals surface area contributed by atoms with Crippen LogP contribution >= 0.6 is 0 Å². The molecule has 86 valence electrons. The van der Waals surface area contributed by atoms with Gasteiger partial charge < -0.3 is 9.31 Å². The van der Waals surface area contributed by atoms with E-state index in [0.717, 1.165) is 23.5 Å². The topological polar surface area (TPSA) is 44.5 Å². The smallest absolute Gasteiger partial charge is 0.515 e. The van der Waals surface area contributed by atoms with E-state index in [1.807, 2.05) is 30.4 Å². The molecule has 2 N–H and O–H groups in total. The normalized spacial score (nSPS) is 26.0. The number of para-hydroxylation sites is 1. The minimum absolute atomic E-state index is 0.181. The van der Waals surface area contributed by atoms with Gasteiger partial charge in [-0.25, -0.2) is 0 Å². The Bertz CT molecular complexity index is 512. The van der Waals surface area contributed by atoms with Crippen LogP contribution in [0.15, 0.2) is 48.3 Å². The van der Waals surface area contributed by atoms with Crippen LogP contribution < -0.4 is 10.3 Å². The van der Waals surface area contributed by atoms with Crippen LogP contribution in [0.1, 0.15) is 18.9 Å². The monoisotopic (exact) mass is 227 g/mol. The van der Waals surface area contributed by atoms with Gasteiger partial charge in [-0.2, -0.15) is 0 Å². The minimum atomic E-state index is -0.740. The molecule has 0 saturated carbocycles. The van der Waals surface area contributed by atoms with Crippen LogP contribution in [0.4, 0.5) is 0 Å². The lowest BCUT2D eigenvalue weighted by Crippen LogP contribution is -2.37. The van der Waals surface area contributed by atoms with E-state index in [1.54, 1.807) is 0 Å². The van der Waals surface area contributed by atoms with Crippen molar-refractivity contribution in [2.24, 2.45) is 5.64 Å². The van der Waals surface area contributed by atoms with E-state index < -0.39 is 7.25 Å². The molecule has 0 spiro atoms. The molecule has 4 heteroatoms. The molecular weight excluding hydrogens is 213 g/mol. The van der Waals surface area contributed by atoms with E-state index >= 15 is 0 Å². The van der Waals surface area contributed by atoms with Crippen molar-refractivity contribution < 1.29 is 9.31 Å². The van der Waals surface area contributed by atoms with Gasteiger partial charge in [-0.05, 0) is 25.5 Å². The standard InChI is InChI=1S/C13H14BNO2/c1-13-9-5-4-8-12(13)17-14(15)16-11-7-3-2-6-10(11)13/h2-8H,9,15H2,1H3. The van der Waals surface area contributed by atoms with E-state index in [1.165, 1.54) is 0 Å². The van der Waals surface area contributed by atoms with Gasteiger partial charge in [-0.15, -0.1) is 0 Å². The van der Waals surface area contributed by atoms with E-state index in [2.05, 4.69) is 19.1 Å². The fourth-order valence-electron chi connectivity index (χ4n) is 2.46. The SMILES string of the molecule is CC12CC=CC=C1OB(N)Oc1ccccc12. The molecule has 1 unspecified atom stereocenters. The van der Waals surface area contributed by atoms with Crippen LogP contribution in [-0.2, 0) is 10.1 Å². The highest BCUT2D eigenvalue weighted by atomic mass is 16.6. The molecule has 1 aromatic carbocycles. The zero-order valence-corrected chi connectivity index (χ0v) is 9.72. The highest BCUT2D eigenvalue weighted by molar-refractivity contribution is 6.41. The van der Waals surface area contributed by atoms with Crippen molar-refractivity contribution in [2.45, 2.75) is 18.8 Å². The van der Waals surface area contributed by atoms with Crippen molar-refractivity contribution in [1.29, 1.82) is 0 Å². The third-order valence-electron chi connectivity index (χ3n) is 3.42. The quantitative estimate of drug-likeness (QED) is 0.690.